The number of nitrogens with zero attached hydrogens (tertiary/aromatic N) is 1. The third-order valence-electron chi connectivity index (χ3n) is 4.17. The van der Waals surface area contributed by atoms with Crippen LogP contribution in [-0.2, 0) is 0 Å². The lowest BCUT2D eigenvalue weighted by Crippen LogP contribution is -2.44. The van der Waals surface area contributed by atoms with Gasteiger partial charge in [-0.15, -0.1) is 11.6 Å². The van der Waals surface area contributed by atoms with Crippen LogP contribution >= 0.6 is 11.6 Å². The molecule has 1 atom stereocenters. The minimum absolute atomic E-state index is 0.0369. The van der Waals surface area contributed by atoms with E-state index in [1.165, 1.54) is 0 Å². The summed E-state index contributed by atoms with van der Waals surface area (Å²) >= 11 is 6.07. The Hall–Kier alpha value is -2.06. The number of carbonyl (C=O) groups is 1. The molecule has 2 aromatic carbocycles. The highest BCUT2D eigenvalue weighted by atomic mass is 35.5. The average Bonchev–Trinajstić information content (AvgIpc) is 2.60. The van der Waals surface area contributed by atoms with Gasteiger partial charge in [-0.3, -0.25) is 4.79 Å². The second-order valence-corrected chi connectivity index (χ2v) is 5.80. The largest absolute Gasteiger partial charge is 0.330 e. The van der Waals surface area contributed by atoms with E-state index in [1.54, 1.807) is 0 Å². The first-order valence-electron chi connectivity index (χ1n) is 7.40. The number of fused-ring (bicyclic) bond motifs is 1. The Kier molecular flexibility index (Phi) is 4.30. The molecule has 2 nitrogen and oxygen atoms in total. The van der Waals surface area contributed by atoms with Crippen LogP contribution in [0.5, 0.6) is 0 Å². The van der Waals surface area contributed by atoms with Crippen molar-refractivity contribution in [3.05, 3.63) is 72.3 Å². The lowest BCUT2D eigenvalue weighted by atomic mass is 9.99. The van der Waals surface area contributed by atoms with E-state index in [-0.39, 0.29) is 11.9 Å². The van der Waals surface area contributed by atoms with Gasteiger partial charge in [0, 0.05) is 24.0 Å². The van der Waals surface area contributed by atoms with Crippen LogP contribution < -0.4 is 0 Å². The van der Waals surface area contributed by atoms with Gasteiger partial charge in [0.05, 0.1) is 0 Å². The molecule has 3 heteroatoms. The van der Waals surface area contributed by atoms with Gasteiger partial charge >= 0.3 is 0 Å². The Bertz CT molecular complexity index is 745. The fraction of sp³-hybridized carbons (Fsp3) is 0.211. The van der Waals surface area contributed by atoms with Crippen molar-refractivity contribution in [2.75, 3.05) is 12.4 Å². The van der Waals surface area contributed by atoms with E-state index in [0.717, 1.165) is 28.3 Å². The maximum Gasteiger partial charge on any atom is 0.255 e. The standard InChI is InChI=1S/C19H18ClNO/c1-2-14-10-11-16(12-20)21(13-14)19(22)18-9-5-7-15-6-3-4-8-17(15)18/h2-10,16H,1,11-13H2. The van der Waals surface area contributed by atoms with Crippen molar-refractivity contribution in [1.82, 2.24) is 4.90 Å². The molecule has 0 saturated heterocycles. The highest BCUT2D eigenvalue weighted by molar-refractivity contribution is 6.18. The van der Waals surface area contributed by atoms with Crippen LogP contribution in [0.2, 0.25) is 0 Å². The molecule has 0 aromatic heterocycles. The second-order valence-electron chi connectivity index (χ2n) is 5.49. The van der Waals surface area contributed by atoms with Crippen LogP contribution in [0.15, 0.2) is 66.8 Å². The van der Waals surface area contributed by atoms with E-state index in [1.807, 2.05) is 53.4 Å². The monoisotopic (exact) mass is 311 g/mol. The smallest absolute Gasteiger partial charge is 0.255 e. The Balaban J connectivity index is 2.01. The Morgan fingerprint density at radius 3 is 2.82 bits per heavy atom. The van der Waals surface area contributed by atoms with Crippen molar-refractivity contribution >= 4 is 28.3 Å². The number of alkyl halides is 1. The molecule has 1 aliphatic heterocycles. The number of rotatable bonds is 3. The third kappa shape index (κ3) is 2.67. The number of hydrogen-bond donors (Lipinski definition) is 0. The number of amides is 1. The van der Waals surface area contributed by atoms with E-state index in [9.17, 15) is 4.79 Å². The molecule has 1 heterocycles. The number of benzene rings is 2. The minimum atomic E-state index is 0.0369. The normalized spacial score (nSPS) is 18.1. The molecule has 1 unspecified atom stereocenters. The number of halogens is 1. The van der Waals surface area contributed by atoms with Crippen molar-refractivity contribution in [3.63, 3.8) is 0 Å². The average molecular weight is 312 g/mol. The van der Waals surface area contributed by atoms with Crippen LogP contribution in [0.3, 0.4) is 0 Å². The van der Waals surface area contributed by atoms with Crippen LogP contribution in [0, 0.1) is 0 Å². The van der Waals surface area contributed by atoms with Gasteiger partial charge in [0.25, 0.3) is 5.91 Å². The van der Waals surface area contributed by atoms with Gasteiger partial charge in [0.15, 0.2) is 0 Å². The first-order chi connectivity index (χ1) is 10.7. The summed E-state index contributed by atoms with van der Waals surface area (Å²) in [6.07, 6.45) is 4.71. The zero-order chi connectivity index (χ0) is 15.5. The summed E-state index contributed by atoms with van der Waals surface area (Å²) in [6.45, 7) is 4.38. The van der Waals surface area contributed by atoms with Gasteiger partial charge in [0.1, 0.15) is 0 Å². The molecule has 112 valence electrons. The van der Waals surface area contributed by atoms with Gasteiger partial charge in [-0.05, 0) is 28.8 Å². The molecular formula is C19H18ClNO. The summed E-state index contributed by atoms with van der Waals surface area (Å²) in [7, 11) is 0. The molecular weight excluding hydrogens is 294 g/mol. The van der Waals surface area contributed by atoms with Crippen LogP contribution in [-0.4, -0.2) is 29.3 Å². The first-order valence-corrected chi connectivity index (χ1v) is 7.94. The summed E-state index contributed by atoms with van der Waals surface area (Å²) in [5.74, 6) is 0.479. The fourth-order valence-electron chi connectivity index (χ4n) is 2.90. The SMILES string of the molecule is C=CC1=CCC(CCl)N(C(=O)c2cccc3ccccc23)C1. The first kappa shape index (κ1) is 14.9. The summed E-state index contributed by atoms with van der Waals surface area (Å²) < 4.78 is 0. The predicted octanol–water partition coefficient (Wildman–Crippen LogP) is 4.41. The Labute approximate surface area is 135 Å². The molecule has 0 spiro atoms. The van der Waals surface area contributed by atoms with E-state index in [0.29, 0.717) is 12.4 Å². The molecule has 1 amide bonds. The quantitative estimate of drug-likeness (QED) is 0.769. The maximum atomic E-state index is 13.1. The molecule has 0 aliphatic carbocycles. The molecule has 1 aliphatic rings. The molecule has 3 rings (SSSR count). The Morgan fingerprint density at radius 1 is 1.27 bits per heavy atom. The topological polar surface area (TPSA) is 20.3 Å². The zero-order valence-electron chi connectivity index (χ0n) is 12.3. The van der Waals surface area contributed by atoms with Gasteiger partial charge in [0.2, 0.25) is 0 Å². The Morgan fingerprint density at radius 2 is 2.05 bits per heavy atom. The van der Waals surface area contributed by atoms with Gasteiger partial charge in [-0.2, -0.15) is 0 Å². The zero-order valence-corrected chi connectivity index (χ0v) is 13.1. The van der Waals surface area contributed by atoms with Crippen LogP contribution in [0.4, 0.5) is 0 Å². The van der Waals surface area contributed by atoms with Crippen LogP contribution in [0.1, 0.15) is 16.8 Å². The van der Waals surface area contributed by atoms with Crippen LogP contribution in [0.25, 0.3) is 10.8 Å². The van der Waals surface area contributed by atoms with E-state index in [4.69, 9.17) is 11.6 Å². The van der Waals surface area contributed by atoms with E-state index in [2.05, 4.69) is 12.7 Å². The van der Waals surface area contributed by atoms with Gasteiger partial charge in [-0.25, -0.2) is 0 Å². The summed E-state index contributed by atoms with van der Waals surface area (Å²) in [5, 5.41) is 2.06. The van der Waals surface area contributed by atoms with Crippen molar-refractivity contribution in [1.29, 1.82) is 0 Å². The molecule has 0 saturated carbocycles. The number of hydrogen-bond acceptors (Lipinski definition) is 1. The van der Waals surface area contributed by atoms with E-state index >= 15 is 0 Å². The van der Waals surface area contributed by atoms with Gasteiger partial charge < -0.3 is 4.90 Å². The highest BCUT2D eigenvalue weighted by Crippen LogP contribution is 2.25. The molecule has 0 N–H and O–H groups in total. The van der Waals surface area contributed by atoms with Crippen molar-refractivity contribution < 1.29 is 4.79 Å². The van der Waals surface area contributed by atoms with Crippen molar-refractivity contribution in [3.8, 4) is 0 Å². The summed E-state index contributed by atoms with van der Waals surface area (Å²) in [5.41, 5.74) is 1.81. The third-order valence-corrected chi connectivity index (χ3v) is 4.52. The lowest BCUT2D eigenvalue weighted by molar-refractivity contribution is 0.0708. The molecule has 0 bridgehead atoms. The molecule has 0 radical (unpaired) electrons. The maximum absolute atomic E-state index is 13.1. The molecule has 22 heavy (non-hydrogen) atoms. The molecule has 0 fully saturated rings. The number of carbonyl (C=O) groups excluding carboxylic acids is 1. The lowest BCUT2D eigenvalue weighted by Gasteiger charge is -2.34. The van der Waals surface area contributed by atoms with Crippen molar-refractivity contribution in [2.45, 2.75) is 12.5 Å². The van der Waals surface area contributed by atoms with Crippen molar-refractivity contribution in [2.24, 2.45) is 0 Å². The second kappa shape index (κ2) is 6.37. The highest BCUT2D eigenvalue weighted by Gasteiger charge is 2.27. The fourth-order valence-corrected chi connectivity index (χ4v) is 3.20. The minimum Gasteiger partial charge on any atom is -0.330 e. The summed E-state index contributed by atoms with van der Waals surface area (Å²) in [6, 6.07) is 13.8. The van der Waals surface area contributed by atoms with Gasteiger partial charge in [-0.1, -0.05) is 55.1 Å². The predicted molar refractivity (Wildman–Crippen MR) is 92.4 cm³/mol. The van der Waals surface area contributed by atoms with E-state index < -0.39 is 0 Å². The molecule has 2 aromatic rings. The summed E-state index contributed by atoms with van der Waals surface area (Å²) in [4.78, 5) is 14.9.